The molecule has 1 aromatic carbocycles. The molecular weight excluding hydrogens is 314 g/mol. The Morgan fingerprint density at radius 2 is 1.78 bits per heavy atom. The molecule has 2 saturated heterocycles. The first kappa shape index (κ1) is 17.8. The van der Waals surface area contributed by atoms with Crippen molar-refractivity contribution in [1.82, 2.24) is 15.5 Å². The number of likely N-dealkylation sites (tertiary alicyclic amines) is 1. The lowest BCUT2D eigenvalue weighted by atomic mass is 10.0. The molecule has 0 aromatic heterocycles. The maximum atomic E-state index is 12.4. The predicted octanol–water partition coefficient (Wildman–Crippen LogP) is 1.58. The minimum absolute atomic E-state index is 0. The monoisotopic (exact) mass is 337 g/mol. The number of nitrogens with zero attached hydrogens (tertiary/aromatic N) is 1. The van der Waals surface area contributed by atoms with E-state index in [0.29, 0.717) is 13.1 Å². The van der Waals surface area contributed by atoms with Crippen LogP contribution < -0.4 is 10.6 Å². The summed E-state index contributed by atoms with van der Waals surface area (Å²) in [5, 5.41) is 6.34. The number of benzene rings is 1. The van der Waals surface area contributed by atoms with Gasteiger partial charge in [-0.2, -0.15) is 0 Å². The summed E-state index contributed by atoms with van der Waals surface area (Å²) < 4.78 is 0. The van der Waals surface area contributed by atoms with Gasteiger partial charge in [0.05, 0.1) is 6.04 Å². The van der Waals surface area contributed by atoms with Crippen molar-refractivity contribution in [3.63, 3.8) is 0 Å². The van der Waals surface area contributed by atoms with Crippen LogP contribution in [0.1, 0.15) is 36.0 Å². The van der Waals surface area contributed by atoms with Crippen LogP contribution in [0, 0.1) is 0 Å². The molecule has 2 heterocycles. The average molecular weight is 338 g/mol. The summed E-state index contributed by atoms with van der Waals surface area (Å²) >= 11 is 0. The smallest absolute Gasteiger partial charge is 0.253 e. The fourth-order valence-electron chi connectivity index (χ4n) is 3.20. The number of hydrogen-bond donors (Lipinski definition) is 2. The summed E-state index contributed by atoms with van der Waals surface area (Å²) in [5.74, 6) is 0.202. The van der Waals surface area contributed by atoms with Gasteiger partial charge in [0.15, 0.2) is 0 Å². The standard InChI is InChI=1S/C17H23N3O2.ClH/c21-16(15-7-4-10-18-15)19-14-8-11-20(12-9-14)17(22)13-5-2-1-3-6-13;/h1-3,5-6,14-15,18H,4,7-12H2,(H,19,21);1H. The molecule has 2 N–H and O–H groups in total. The molecule has 0 spiro atoms. The summed E-state index contributed by atoms with van der Waals surface area (Å²) in [6.07, 6.45) is 3.66. The van der Waals surface area contributed by atoms with E-state index in [4.69, 9.17) is 0 Å². The number of rotatable bonds is 3. The van der Waals surface area contributed by atoms with Crippen molar-refractivity contribution in [2.45, 2.75) is 37.8 Å². The normalized spacial score (nSPS) is 21.6. The fraction of sp³-hybridized carbons (Fsp3) is 0.529. The number of hydrogen-bond acceptors (Lipinski definition) is 3. The third kappa shape index (κ3) is 4.45. The van der Waals surface area contributed by atoms with Crippen molar-refractivity contribution in [3.05, 3.63) is 35.9 Å². The second-order valence-electron chi connectivity index (χ2n) is 6.09. The number of carbonyl (C=O) groups is 2. The van der Waals surface area contributed by atoms with Gasteiger partial charge in [-0.25, -0.2) is 0 Å². The summed E-state index contributed by atoms with van der Waals surface area (Å²) in [6, 6.07) is 9.54. The number of amides is 2. The summed E-state index contributed by atoms with van der Waals surface area (Å²) in [4.78, 5) is 26.3. The quantitative estimate of drug-likeness (QED) is 0.880. The van der Waals surface area contributed by atoms with Crippen molar-refractivity contribution in [2.24, 2.45) is 0 Å². The van der Waals surface area contributed by atoms with Crippen LogP contribution in [-0.2, 0) is 4.79 Å². The molecule has 23 heavy (non-hydrogen) atoms. The first-order valence-corrected chi connectivity index (χ1v) is 8.12. The third-order valence-corrected chi connectivity index (χ3v) is 4.53. The second-order valence-corrected chi connectivity index (χ2v) is 6.09. The van der Waals surface area contributed by atoms with Crippen LogP contribution in [0.4, 0.5) is 0 Å². The molecule has 126 valence electrons. The van der Waals surface area contributed by atoms with Gasteiger partial charge in [-0.3, -0.25) is 9.59 Å². The maximum Gasteiger partial charge on any atom is 0.253 e. The third-order valence-electron chi connectivity index (χ3n) is 4.53. The van der Waals surface area contributed by atoms with Crippen LogP contribution in [0.5, 0.6) is 0 Å². The highest BCUT2D eigenvalue weighted by atomic mass is 35.5. The predicted molar refractivity (Wildman–Crippen MR) is 91.8 cm³/mol. The van der Waals surface area contributed by atoms with Gasteiger partial charge in [0.25, 0.3) is 5.91 Å². The highest BCUT2D eigenvalue weighted by molar-refractivity contribution is 5.94. The first-order chi connectivity index (χ1) is 10.7. The maximum absolute atomic E-state index is 12.4. The van der Waals surface area contributed by atoms with Crippen LogP contribution >= 0.6 is 12.4 Å². The number of nitrogens with one attached hydrogen (secondary N) is 2. The van der Waals surface area contributed by atoms with Crippen LogP contribution in [-0.4, -0.2) is 48.4 Å². The Balaban J connectivity index is 0.00000192. The van der Waals surface area contributed by atoms with E-state index in [1.807, 2.05) is 35.2 Å². The van der Waals surface area contributed by atoms with E-state index in [0.717, 1.165) is 37.8 Å². The van der Waals surface area contributed by atoms with Crippen molar-refractivity contribution >= 4 is 24.2 Å². The Bertz CT molecular complexity index is 524. The van der Waals surface area contributed by atoms with Gasteiger partial charge in [-0.15, -0.1) is 12.4 Å². The molecule has 1 unspecified atom stereocenters. The van der Waals surface area contributed by atoms with E-state index in [-0.39, 0.29) is 36.3 Å². The number of carbonyl (C=O) groups excluding carboxylic acids is 2. The zero-order chi connectivity index (χ0) is 15.4. The molecule has 2 aliphatic heterocycles. The van der Waals surface area contributed by atoms with Gasteiger partial charge in [-0.1, -0.05) is 18.2 Å². The SMILES string of the molecule is Cl.O=C(NC1CCN(C(=O)c2ccccc2)CC1)C1CCCN1. The van der Waals surface area contributed by atoms with E-state index >= 15 is 0 Å². The average Bonchev–Trinajstić information content (AvgIpc) is 3.10. The Kier molecular flexibility index (Phi) is 6.42. The highest BCUT2D eigenvalue weighted by Crippen LogP contribution is 2.15. The van der Waals surface area contributed by atoms with Crippen molar-refractivity contribution in [2.75, 3.05) is 19.6 Å². The lowest BCUT2D eigenvalue weighted by Crippen LogP contribution is -2.50. The van der Waals surface area contributed by atoms with E-state index in [1.165, 1.54) is 0 Å². The van der Waals surface area contributed by atoms with Crippen LogP contribution in [0.3, 0.4) is 0 Å². The first-order valence-electron chi connectivity index (χ1n) is 8.12. The van der Waals surface area contributed by atoms with E-state index in [2.05, 4.69) is 10.6 Å². The van der Waals surface area contributed by atoms with Gasteiger partial charge in [0.1, 0.15) is 0 Å². The van der Waals surface area contributed by atoms with Gasteiger partial charge >= 0.3 is 0 Å². The molecule has 0 aliphatic carbocycles. The lowest BCUT2D eigenvalue weighted by Gasteiger charge is -2.33. The molecule has 3 rings (SSSR count). The molecular formula is C17H24ClN3O2. The molecule has 0 saturated carbocycles. The number of piperidine rings is 1. The number of halogens is 1. The second kappa shape index (κ2) is 8.31. The van der Waals surface area contributed by atoms with Gasteiger partial charge < -0.3 is 15.5 Å². The molecule has 2 amide bonds. The summed E-state index contributed by atoms with van der Waals surface area (Å²) in [5.41, 5.74) is 0.736. The molecule has 2 aliphatic rings. The summed E-state index contributed by atoms with van der Waals surface area (Å²) in [7, 11) is 0. The van der Waals surface area contributed by atoms with E-state index in [9.17, 15) is 9.59 Å². The van der Waals surface area contributed by atoms with E-state index in [1.54, 1.807) is 0 Å². The van der Waals surface area contributed by atoms with Crippen LogP contribution in [0.2, 0.25) is 0 Å². The molecule has 0 radical (unpaired) electrons. The lowest BCUT2D eigenvalue weighted by molar-refractivity contribution is -0.123. The van der Waals surface area contributed by atoms with Crippen molar-refractivity contribution in [3.8, 4) is 0 Å². The van der Waals surface area contributed by atoms with Crippen LogP contribution in [0.25, 0.3) is 0 Å². The molecule has 1 atom stereocenters. The summed E-state index contributed by atoms with van der Waals surface area (Å²) in [6.45, 7) is 2.34. The van der Waals surface area contributed by atoms with Gasteiger partial charge in [0.2, 0.25) is 5.91 Å². The van der Waals surface area contributed by atoms with Crippen molar-refractivity contribution in [1.29, 1.82) is 0 Å². The van der Waals surface area contributed by atoms with Gasteiger partial charge in [0, 0.05) is 24.7 Å². The van der Waals surface area contributed by atoms with Crippen LogP contribution in [0.15, 0.2) is 30.3 Å². The zero-order valence-electron chi connectivity index (χ0n) is 13.2. The fourth-order valence-corrected chi connectivity index (χ4v) is 3.20. The molecule has 6 heteroatoms. The molecule has 0 bridgehead atoms. The Morgan fingerprint density at radius 1 is 1.09 bits per heavy atom. The zero-order valence-corrected chi connectivity index (χ0v) is 14.0. The largest absolute Gasteiger partial charge is 0.352 e. The highest BCUT2D eigenvalue weighted by Gasteiger charge is 2.27. The topological polar surface area (TPSA) is 61.4 Å². The Morgan fingerprint density at radius 3 is 2.39 bits per heavy atom. The van der Waals surface area contributed by atoms with Crippen molar-refractivity contribution < 1.29 is 9.59 Å². The molecule has 5 nitrogen and oxygen atoms in total. The minimum Gasteiger partial charge on any atom is -0.352 e. The van der Waals surface area contributed by atoms with Gasteiger partial charge in [-0.05, 0) is 44.4 Å². The Hall–Kier alpha value is -1.59. The Labute approximate surface area is 143 Å². The molecule has 1 aromatic rings. The van der Waals surface area contributed by atoms with E-state index < -0.39 is 0 Å². The minimum atomic E-state index is -0.0241. The molecule has 2 fully saturated rings.